The van der Waals surface area contributed by atoms with Crippen molar-refractivity contribution in [1.29, 1.82) is 0 Å². The van der Waals surface area contributed by atoms with E-state index in [0.29, 0.717) is 28.0 Å². The molecule has 0 aliphatic rings. The van der Waals surface area contributed by atoms with E-state index in [4.69, 9.17) is 0 Å². The fourth-order valence-corrected chi connectivity index (χ4v) is 3.78. The van der Waals surface area contributed by atoms with E-state index in [1.54, 1.807) is 23.9 Å². The highest BCUT2D eigenvalue weighted by molar-refractivity contribution is 6.02. The summed E-state index contributed by atoms with van der Waals surface area (Å²) in [5.41, 5.74) is 3.90. The first kappa shape index (κ1) is 19.4. The minimum atomic E-state index is -1.00. The number of fused-ring (bicyclic) bond motifs is 1. The lowest BCUT2D eigenvalue weighted by molar-refractivity contribution is 0.0697. The molecule has 32 heavy (non-hydrogen) atoms. The van der Waals surface area contributed by atoms with Gasteiger partial charge < -0.3 is 5.11 Å². The number of hydrogen-bond donors (Lipinski definition) is 1. The summed E-state index contributed by atoms with van der Waals surface area (Å²) in [7, 11) is 1.61. The summed E-state index contributed by atoms with van der Waals surface area (Å²) in [4.78, 5) is 24.3. The molecule has 0 atom stereocenters. The molecule has 5 aromatic rings. The maximum atomic E-state index is 13.0. The minimum absolute atomic E-state index is 0.175. The Kier molecular flexibility index (Phi) is 4.63. The fourth-order valence-electron chi connectivity index (χ4n) is 3.78. The zero-order chi connectivity index (χ0) is 22.2. The number of aryl methyl sites for hydroxylation is 1. The van der Waals surface area contributed by atoms with Crippen LogP contribution in [-0.4, -0.2) is 30.6 Å². The van der Waals surface area contributed by atoms with Crippen LogP contribution in [0.3, 0.4) is 0 Å². The van der Waals surface area contributed by atoms with Crippen LogP contribution in [0.25, 0.3) is 39.1 Å². The molecule has 0 amide bonds. The van der Waals surface area contributed by atoms with E-state index in [-0.39, 0.29) is 11.1 Å². The van der Waals surface area contributed by atoms with E-state index in [0.717, 1.165) is 11.1 Å². The van der Waals surface area contributed by atoms with Gasteiger partial charge in [-0.1, -0.05) is 60.7 Å². The first-order valence-electron chi connectivity index (χ1n) is 9.99. The van der Waals surface area contributed by atoms with E-state index in [9.17, 15) is 14.7 Å². The van der Waals surface area contributed by atoms with Gasteiger partial charge in [0.1, 0.15) is 5.69 Å². The van der Waals surface area contributed by atoms with Crippen molar-refractivity contribution < 1.29 is 9.90 Å². The second-order valence-electron chi connectivity index (χ2n) is 7.35. The van der Waals surface area contributed by atoms with Crippen molar-refractivity contribution >= 4 is 16.9 Å². The number of nitrogens with zero attached hydrogens (tertiary/aromatic N) is 4. The molecule has 5 rings (SSSR count). The largest absolute Gasteiger partial charge is 0.478 e. The van der Waals surface area contributed by atoms with E-state index < -0.39 is 5.97 Å². The molecule has 0 bridgehead atoms. The highest BCUT2D eigenvalue weighted by atomic mass is 16.4. The van der Waals surface area contributed by atoms with Gasteiger partial charge in [-0.05, 0) is 24.3 Å². The predicted molar refractivity (Wildman–Crippen MR) is 122 cm³/mol. The SMILES string of the molecule is Cn1nc(-c2ccccc2)c2c(-c3ccccc3)n(-c3ccc(C(=O)O)cc3)nc2c1=O. The van der Waals surface area contributed by atoms with E-state index >= 15 is 0 Å². The average molecular weight is 422 g/mol. The molecule has 2 aromatic heterocycles. The monoisotopic (exact) mass is 422 g/mol. The number of aromatic carboxylic acids is 1. The number of hydrogen-bond acceptors (Lipinski definition) is 4. The summed E-state index contributed by atoms with van der Waals surface area (Å²) in [6, 6.07) is 25.7. The maximum Gasteiger partial charge on any atom is 0.335 e. The van der Waals surface area contributed by atoms with Crippen molar-refractivity contribution in [1.82, 2.24) is 19.6 Å². The summed E-state index contributed by atoms with van der Waals surface area (Å²) in [6.45, 7) is 0. The normalized spacial score (nSPS) is 11.0. The van der Waals surface area contributed by atoms with Crippen LogP contribution in [0.2, 0.25) is 0 Å². The van der Waals surface area contributed by atoms with Crippen LogP contribution in [-0.2, 0) is 7.05 Å². The molecule has 2 heterocycles. The lowest BCUT2D eigenvalue weighted by Gasteiger charge is -2.10. The fraction of sp³-hybridized carbons (Fsp3) is 0.0400. The van der Waals surface area contributed by atoms with Crippen LogP contribution < -0.4 is 5.56 Å². The van der Waals surface area contributed by atoms with Crippen molar-refractivity contribution in [3.8, 4) is 28.2 Å². The van der Waals surface area contributed by atoms with Gasteiger partial charge in [0.2, 0.25) is 0 Å². The molecular weight excluding hydrogens is 404 g/mol. The number of carboxylic acid groups (broad SMARTS) is 1. The van der Waals surface area contributed by atoms with Crippen LogP contribution in [0.4, 0.5) is 0 Å². The first-order chi connectivity index (χ1) is 15.5. The quantitative estimate of drug-likeness (QED) is 0.470. The third-order valence-electron chi connectivity index (χ3n) is 5.32. The Labute approximate surface area is 182 Å². The minimum Gasteiger partial charge on any atom is -0.478 e. The van der Waals surface area contributed by atoms with Crippen molar-refractivity contribution in [2.75, 3.05) is 0 Å². The molecule has 0 saturated heterocycles. The van der Waals surface area contributed by atoms with Crippen molar-refractivity contribution in [2.24, 2.45) is 7.05 Å². The van der Waals surface area contributed by atoms with Crippen LogP contribution in [0.1, 0.15) is 10.4 Å². The Morgan fingerprint density at radius 3 is 2.00 bits per heavy atom. The number of aromatic nitrogens is 4. The van der Waals surface area contributed by atoms with Crippen molar-refractivity contribution in [3.05, 3.63) is 101 Å². The molecule has 0 unspecified atom stereocenters. The molecule has 0 aliphatic heterocycles. The molecule has 156 valence electrons. The smallest absolute Gasteiger partial charge is 0.335 e. The van der Waals surface area contributed by atoms with E-state index in [1.165, 1.54) is 16.8 Å². The van der Waals surface area contributed by atoms with Crippen LogP contribution in [0.15, 0.2) is 89.7 Å². The lowest BCUT2D eigenvalue weighted by atomic mass is 10.0. The Bertz CT molecular complexity index is 1500. The summed E-state index contributed by atoms with van der Waals surface area (Å²) < 4.78 is 2.98. The molecule has 0 saturated carbocycles. The molecule has 0 fully saturated rings. The summed E-state index contributed by atoms with van der Waals surface area (Å²) in [5.74, 6) is -1.00. The Morgan fingerprint density at radius 2 is 1.41 bits per heavy atom. The Morgan fingerprint density at radius 1 is 0.812 bits per heavy atom. The second-order valence-corrected chi connectivity index (χ2v) is 7.35. The van der Waals surface area contributed by atoms with Crippen LogP contribution >= 0.6 is 0 Å². The van der Waals surface area contributed by atoms with E-state index in [2.05, 4.69) is 10.2 Å². The van der Waals surface area contributed by atoms with Gasteiger partial charge in [0.15, 0.2) is 5.52 Å². The molecule has 3 aromatic carbocycles. The lowest BCUT2D eigenvalue weighted by Crippen LogP contribution is -2.20. The zero-order valence-corrected chi connectivity index (χ0v) is 17.1. The Hall–Kier alpha value is -4.52. The highest BCUT2D eigenvalue weighted by Crippen LogP contribution is 2.35. The molecule has 7 nitrogen and oxygen atoms in total. The molecule has 7 heteroatoms. The maximum absolute atomic E-state index is 13.0. The van der Waals surface area contributed by atoms with E-state index in [1.807, 2.05) is 60.7 Å². The predicted octanol–water partition coefficient (Wildman–Crippen LogP) is 4.15. The summed E-state index contributed by atoms with van der Waals surface area (Å²) in [6.07, 6.45) is 0. The Balaban J connectivity index is 1.90. The van der Waals surface area contributed by atoms with Gasteiger partial charge in [-0.15, -0.1) is 0 Å². The molecule has 0 aliphatic carbocycles. The van der Waals surface area contributed by atoms with Crippen LogP contribution in [0.5, 0.6) is 0 Å². The third-order valence-corrected chi connectivity index (χ3v) is 5.32. The highest BCUT2D eigenvalue weighted by Gasteiger charge is 2.23. The van der Waals surface area contributed by atoms with Gasteiger partial charge in [0.25, 0.3) is 5.56 Å². The standard InChI is InChI=1S/C25H18N4O3/c1-28-24(30)22-20(21(26-28)16-8-4-2-5-9-16)23(17-10-6-3-7-11-17)29(27-22)19-14-12-18(13-15-19)25(31)32/h2-15H,1H3,(H,31,32). The van der Waals surface area contributed by atoms with Crippen molar-refractivity contribution in [3.63, 3.8) is 0 Å². The van der Waals surface area contributed by atoms with Gasteiger partial charge in [0, 0.05) is 18.2 Å². The molecule has 0 radical (unpaired) electrons. The van der Waals surface area contributed by atoms with Crippen LogP contribution in [0, 0.1) is 0 Å². The van der Waals surface area contributed by atoms with Gasteiger partial charge in [-0.3, -0.25) is 4.79 Å². The third kappa shape index (κ3) is 3.16. The molecule has 0 spiro atoms. The number of benzene rings is 3. The zero-order valence-electron chi connectivity index (χ0n) is 17.1. The van der Waals surface area contributed by atoms with Crippen molar-refractivity contribution in [2.45, 2.75) is 0 Å². The number of carbonyl (C=O) groups is 1. The molecular formula is C25H18N4O3. The number of rotatable bonds is 4. The second kappa shape index (κ2) is 7.63. The van der Waals surface area contributed by atoms with Gasteiger partial charge in [-0.25, -0.2) is 14.2 Å². The summed E-state index contributed by atoms with van der Waals surface area (Å²) >= 11 is 0. The van der Waals surface area contributed by atoms with Gasteiger partial charge in [0.05, 0.1) is 22.3 Å². The molecule has 1 N–H and O–H groups in total. The van der Waals surface area contributed by atoms with Gasteiger partial charge >= 0.3 is 5.97 Å². The first-order valence-corrected chi connectivity index (χ1v) is 9.99. The van der Waals surface area contributed by atoms with Gasteiger partial charge in [-0.2, -0.15) is 10.2 Å². The summed E-state index contributed by atoms with van der Waals surface area (Å²) in [5, 5.41) is 19.1. The number of carboxylic acids is 1. The topological polar surface area (TPSA) is 90.0 Å². The average Bonchev–Trinajstić information content (AvgIpc) is 3.23.